The number of nitrogens with zero attached hydrogens (tertiary/aromatic N) is 1. The zero-order chi connectivity index (χ0) is 18.2. The second-order valence-electron chi connectivity index (χ2n) is 5.98. The third kappa shape index (κ3) is 5.58. The summed E-state index contributed by atoms with van der Waals surface area (Å²) in [5, 5.41) is 2.79. The van der Waals surface area contributed by atoms with E-state index in [1.54, 1.807) is 12.1 Å². The van der Waals surface area contributed by atoms with E-state index in [-0.39, 0.29) is 16.7 Å². The Kier molecular flexibility index (Phi) is 8.38. The molecule has 3 N–H and O–H groups in total. The van der Waals surface area contributed by atoms with E-state index in [1.807, 2.05) is 20.8 Å². The van der Waals surface area contributed by atoms with Crippen LogP contribution in [0.1, 0.15) is 44.0 Å². The lowest BCUT2D eigenvalue weighted by Crippen LogP contribution is -2.33. The molecule has 0 aliphatic rings. The summed E-state index contributed by atoms with van der Waals surface area (Å²) in [6.07, 6.45) is 1.53. The summed E-state index contributed by atoms with van der Waals surface area (Å²) in [6.45, 7) is 7.84. The second-order valence-corrected chi connectivity index (χ2v) is 7.92. The van der Waals surface area contributed by atoms with Gasteiger partial charge >= 0.3 is 0 Å². The van der Waals surface area contributed by atoms with Gasteiger partial charge in [-0.1, -0.05) is 20.8 Å². The van der Waals surface area contributed by atoms with Crippen molar-refractivity contribution in [3.8, 4) is 0 Å². The first-order chi connectivity index (χ1) is 11.4. The lowest BCUT2D eigenvalue weighted by molar-refractivity contribution is 0.0948. The number of sulfonamides is 1. The zero-order valence-corrected chi connectivity index (χ0v) is 15.6. The number of rotatable bonds is 10. The van der Waals surface area contributed by atoms with Crippen molar-refractivity contribution in [2.45, 2.75) is 38.5 Å². The van der Waals surface area contributed by atoms with Crippen LogP contribution in [0, 0.1) is 5.92 Å². The number of benzene rings is 1. The van der Waals surface area contributed by atoms with Crippen molar-refractivity contribution in [2.24, 2.45) is 11.7 Å². The van der Waals surface area contributed by atoms with E-state index in [2.05, 4.69) is 5.32 Å². The van der Waals surface area contributed by atoms with Crippen molar-refractivity contribution >= 4 is 15.9 Å². The molecule has 1 amide bonds. The fourth-order valence-corrected chi connectivity index (χ4v) is 3.85. The number of nitrogens with two attached hydrogens (primary N) is 1. The average Bonchev–Trinajstić information content (AvgIpc) is 2.59. The Bertz CT molecular complexity index is 608. The van der Waals surface area contributed by atoms with E-state index < -0.39 is 10.0 Å². The molecule has 24 heavy (non-hydrogen) atoms. The summed E-state index contributed by atoms with van der Waals surface area (Å²) < 4.78 is 26.8. The van der Waals surface area contributed by atoms with Crippen LogP contribution in [0.2, 0.25) is 0 Å². The lowest BCUT2D eigenvalue weighted by Gasteiger charge is -2.21. The molecule has 136 valence electrons. The maximum Gasteiger partial charge on any atom is 0.251 e. The molecule has 6 nitrogen and oxygen atoms in total. The van der Waals surface area contributed by atoms with Crippen LogP contribution in [0.5, 0.6) is 0 Å². The topological polar surface area (TPSA) is 92.5 Å². The predicted molar refractivity (Wildman–Crippen MR) is 96.3 cm³/mol. The van der Waals surface area contributed by atoms with E-state index in [4.69, 9.17) is 5.73 Å². The predicted octanol–water partition coefficient (Wildman–Crippen LogP) is 1.82. The van der Waals surface area contributed by atoms with Crippen LogP contribution in [-0.2, 0) is 10.0 Å². The number of carbonyl (C=O) groups excluding carboxylic acids is 1. The van der Waals surface area contributed by atoms with Crippen LogP contribution in [0.3, 0.4) is 0 Å². The molecule has 1 rings (SSSR count). The summed E-state index contributed by atoms with van der Waals surface area (Å²) in [7, 11) is -3.51. The highest BCUT2D eigenvalue weighted by Crippen LogP contribution is 2.17. The van der Waals surface area contributed by atoms with Gasteiger partial charge in [0.1, 0.15) is 0 Å². The standard InChI is InChI=1S/C17H29N3O3S/c1-4-10-20(11-5-2)24(22,23)16-8-6-15(7-9-16)17(21)19-13-14(3)12-18/h6-9,14H,4-5,10-13,18H2,1-3H3,(H,19,21). The average molecular weight is 356 g/mol. The highest BCUT2D eigenvalue weighted by molar-refractivity contribution is 7.89. The van der Waals surface area contributed by atoms with Gasteiger partial charge in [0.25, 0.3) is 5.91 Å². The van der Waals surface area contributed by atoms with Crippen molar-refractivity contribution < 1.29 is 13.2 Å². The third-order valence-electron chi connectivity index (χ3n) is 3.71. The van der Waals surface area contributed by atoms with Gasteiger partial charge in [-0.15, -0.1) is 0 Å². The Morgan fingerprint density at radius 1 is 1.17 bits per heavy atom. The van der Waals surface area contributed by atoms with Crippen molar-refractivity contribution in [3.05, 3.63) is 29.8 Å². The molecule has 0 aromatic heterocycles. The number of hydrogen-bond acceptors (Lipinski definition) is 4. The first-order valence-electron chi connectivity index (χ1n) is 8.45. The van der Waals surface area contributed by atoms with Gasteiger partial charge in [-0.2, -0.15) is 4.31 Å². The van der Waals surface area contributed by atoms with E-state index in [0.29, 0.717) is 31.7 Å². The minimum atomic E-state index is -3.51. The molecular weight excluding hydrogens is 326 g/mol. The highest BCUT2D eigenvalue weighted by Gasteiger charge is 2.23. The fraction of sp³-hybridized carbons (Fsp3) is 0.588. The molecule has 1 atom stereocenters. The number of carbonyl (C=O) groups is 1. The Labute approximate surface area is 145 Å². The molecule has 0 fully saturated rings. The fourth-order valence-electron chi connectivity index (χ4n) is 2.23. The van der Waals surface area contributed by atoms with Crippen molar-refractivity contribution in [1.82, 2.24) is 9.62 Å². The normalized spacial score (nSPS) is 13.0. The molecule has 0 saturated carbocycles. The number of amides is 1. The molecule has 1 aromatic rings. The summed E-state index contributed by atoms with van der Waals surface area (Å²) >= 11 is 0. The maximum atomic E-state index is 12.7. The molecule has 0 radical (unpaired) electrons. The van der Waals surface area contributed by atoms with Gasteiger partial charge < -0.3 is 11.1 Å². The molecule has 0 spiro atoms. The van der Waals surface area contributed by atoms with Gasteiger partial charge in [0.2, 0.25) is 10.0 Å². The van der Waals surface area contributed by atoms with Gasteiger partial charge in [-0.05, 0) is 49.6 Å². The van der Waals surface area contributed by atoms with Gasteiger partial charge in [-0.3, -0.25) is 4.79 Å². The van der Waals surface area contributed by atoms with Gasteiger partial charge in [-0.25, -0.2) is 8.42 Å². The van der Waals surface area contributed by atoms with Crippen LogP contribution in [0.4, 0.5) is 0 Å². The molecule has 7 heteroatoms. The van der Waals surface area contributed by atoms with Crippen molar-refractivity contribution in [2.75, 3.05) is 26.2 Å². The quantitative estimate of drug-likeness (QED) is 0.669. The molecular formula is C17H29N3O3S. The van der Waals surface area contributed by atoms with E-state index in [1.165, 1.54) is 16.4 Å². The van der Waals surface area contributed by atoms with Crippen LogP contribution in [-0.4, -0.2) is 44.8 Å². The molecule has 0 saturated heterocycles. The first kappa shape index (κ1) is 20.6. The molecule has 0 heterocycles. The summed E-state index contributed by atoms with van der Waals surface area (Å²) in [6, 6.07) is 6.08. The lowest BCUT2D eigenvalue weighted by atomic mass is 10.1. The van der Waals surface area contributed by atoms with Crippen molar-refractivity contribution in [1.29, 1.82) is 0 Å². The molecule has 1 aromatic carbocycles. The zero-order valence-electron chi connectivity index (χ0n) is 14.8. The second kappa shape index (κ2) is 9.76. The SMILES string of the molecule is CCCN(CCC)S(=O)(=O)c1ccc(C(=O)NCC(C)CN)cc1. The summed E-state index contributed by atoms with van der Waals surface area (Å²) in [5.74, 6) is -0.0246. The third-order valence-corrected chi connectivity index (χ3v) is 5.63. The maximum absolute atomic E-state index is 12.7. The highest BCUT2D eigenvalue weighted by atomic mass is 32.2. The number of nitrogens with one attached hydrogen (secondary N) is 1. The molecule has 0 aliphatic carbocycles. The minimum absolute atomic E-state index is 0.199. The Morgan fingerprint density at radius 2 is 1.71 bits per heavy atom. The van der Waals surface area contributed by atoms with Crippen molar-refractivity contribution in [3.63, 3.8) is 0 Å². The monoisotopic (exact) mass is 355 g/mol. The van der Waals surface area contributed by atoms with E-state index in [9.17, 15) is 13.2 Å². The van der Waals surface area contributed by atoms with Gasteiger partial charge in [0.05, 0.1) is 4.90 Å². The van der Waals surface area contributed by atoms with E-state index >= 15 is 0 Å². The minimum Gasteiger partial charge on any atom is -0.352 e. The Hall–Kier alpha value is -1.44. The smallest absolute Gasteiger partial charge is 0.251 e. The van der Waals surface area contributed by atoms with Gasteiger partial charge in [0, 0.05) is 25.2 Å². The van der Waals surface area contributed by atoms with Gasteiger partial charge in [0.15, 0.2) is 0 Å². The van der Waals surface area contributed by atoms with Crippen LogP contribution in [0.15, 0.2) is 29.2 Å². The van der Waals surface area contributed by atoms with Crippen LogP contribution >= 0.6 is 0 Å². The molecule has 0 bridgehead atoms. The first-order valence-corrected chi connectivity index (χ1v) is 9.89. The number of hydrogen-bond donors (Lipinski definition) is 2. The van der Waals surface area contributed by atoms with E-state index in [0.717, 1.165) is 12.8 Å². The Morgan fingerprint density at radius 3 is 2.17 bits per heavy atom. The van der Waals surface area contributed by atoms with Crippen LogP contribution < -0.4 is 11.1 Å². The summed E-state index contributed by atoms with van der Waals surface area (Å²) in [5.41, 5.74) is 5.96. The van der Waals surface area contributed by atoms with Crippen LogP contribution in [0.25, 0.3) is 0 Å². The Balaban J connectivity index is 2.87. The molecule has 1 unspecified atom stereocenters. The summed E-state index contributed by atoms with van der Waals surface area (Å²) in [4.78, 5) is 12.3. The largest absolute Gasteiger partial charge is 0.352 e. The molecule has 0 aliphatic heterocycles.